The van der Waals surface area contributed by atoms with E-state index in [0.717, 1.165) is 30.8 Å². The van der Waals surface area contributed by atoms with E-state index in [1.54, 1.807) is 18.2 Å². The smallest absolute Gasteiger partial charge is 0.315 e. The average Bonchev–Trinajstić information content (AvgIpc) is 3.40. The first-order chi connectivity index (χ1) is 18.2. The fourth-order valence-electron chi connectivity index (χ4n) is 7.28. The second-order valence-electron chi connectivity index (χ2n) is 11.1. The van der Waals surface area contributed by atoms with Gasteiger partial charge in [0.25, 0.3) is 11.8 Å². The number of rotatable bonds is 7. The Morgan fingerprint density at radius 3 is 2.63 bits per heavy atom. The third-order valence-electron chi connectivity index (χ3n) is 8.93. The van der Waals surface area contributed by atoms with Crippen molar-refractivity contribution < 1.29 is 33.4 Å². The molecule has 1 unspecified atom stereocenters. The van der Waals surface area contributed by atoms with E-state index in [4.69, 9.17) is 9.47 Å². The Labute approximate surface area is 220 Å². The molecule has 202 valence electrons. The van der Waals surface area contributed by atoms with Crippen LogP contribution in [0.15, 0.2) is 18.2 Å². The minimum Gasteiger partial charge on any atom is -0.465 e. The van der Waals surface area contributed by atoms with Gasteiger partial charge in [0.1, 0.15) is 11.5 Å². The fourth-order valence-corrected chi connectivity index (χ4v) is 7.28. The predicted octanol–water partition coefficient (Wildman–Crippen LogP) is 0.412. The molecular weight excluding hydrogens is 492 g/mol. The summed E-state index contributed by atoms with van der Waals surface area (Å²) in [4.78, 5) is 64.4. The van der Waals surface area contributed by atoms with Crippen molar-refractivity contribution >= 4 is 29.6 Å². The highest BCUT2D eigenvalue weighted by molar-refractivity contribution is 6.24. The number of hydrogen-bond donors (Lipinski definition) is 3. The second kappa shape index (κ2) is 8.96. The van der Waals surface area contributed by atoms with Crippen LogP contribution in [-0.2, 0) is 30.4 Å². The number of nitrogens with zero attached hydrogens (tertiary/aromatic N) is 1. The Balaban J connectivity index is 1.16. The molecule has 1 atom stereocenters. The van der Waals surface area contributed by atoms with Crippen molar-refractivity contribution in [2.45, 2.75) is 69.2 Å². The molecule has 1 aromatic carbocycles. The molecule has 5 fully saturated rings. The first kappa shape index (κ1) is 25.1. The van der Waals surface area contributed by atoms with Crippen LogP contribution in [0.5, 0.6) is 0 Å². The summed E-state index contributed by atoms with van der Waals surface area (Å²) >= 11 is 0. The maximum absolute atomic E-state index is 13.4. The minimum atomic E-state index is -1.00. The molecule has 4 saturated heterocycles. The number of carbonyl (C=O) groups is 5. The van der Waals surface area contributed by atoms with Crippen molar-refractivity contribution in [3.8, 4) is 0 Å². The molecule has 1 saturated carbocycles. The lowest BCUT2D eigenvalue weighted by molar-refractivity contribution is -0.166. The van der Waals surface area contributed by atoms with Crippen LogP contribution < -0.4 is 16.0 Å². The number of ether oxygens (including phenoxy) is 2. The molecule has 38 heavy (non-hydrogen) atoms. The number of amides is 4. The van der Waals surface area contributed by atoms with Crippen LogP contribution in [0.4, 0.5) is 0 Å². The maximum atomic E-state index is 13.4. The molecule has 0 radical (unpaired) electrons. The zero-order valence-electron chi connectivity index (χ0n) is 21.4. The Bertz CT molecular complexity index is 1230. The van der Waals surface area contributed by atoms with E-state index >= 15 is 0 Å². The van der Waals surface area contributed by atoms with Gasteiger partial charge >= 0.3 is 5.97 Å². The number of nitrogens with one attached hydrogen (secondary N) is 3. The number of benzene rings is 1. The van der Waals surface area contributed by atoms with E-state index in [2.05, 4.69) is 16.0 Å². The van der Waals surface area contributed by atoms with Gasteiger partial charge in [0.2, 0.25) is 11.8 Å². The SMILES string of the molecule is CCOC(=O)C12CC(CNCc3cccc4c3C(=O)N(C3CCC(=O)NC3=O)C4=O)(C1)OC21CCNCC1. The molecule has 6 aliphatic rings. The van der Waals surface area contributed by atoms with Crippen molar-refractivity contribution in [3.05, 3.63) is 34.9 Å². The van der Waals surface area contributed by atoms with Crippen molar-refractivity contribution in [1.29, 1.82) is 0 Å². The molecule has 1 aromatic rings. The Morgan fingerprint density at radius 2 is 1.92 bits per heavy atom. The molecule has 11 heteroatoms. The van der Waals surface area contributed by atoms with E-state index in [1.165, 1.54) is 0 Å². The summed E-state index contributed by atoms with van der Waals surface area (Å²) in [5.74, 6) is -2.25. The van der Waals surface area contributed by atoms with Crippen LogP contribution in [0.2, 0.25) is 0 Å². The zero-order chi connectivity index (χ0) is 26.7. The average molecular weight is 525 g/mol. The van der Waals surface area contributed by atoms with Crippen molar-refractivity contribution in [2.24, 2.45) is 5.41 Å². The first-order valence-corrected chi connectivity index (χ1v) is 13.4. The lowest BCUT2D eigenvalue weighted by Crippen LogP contribution is -2.59. The summed E-state index contributed by atoms with van der Waals surface area (Å²) in [5, 5.41) is 8.98. The van der Waals surface area contributed by atoms with E-state index < -0.39 is 46.3 Å². The fraction of sp³-hybridized carbons (Fsp3) is 0.593. The van der Waals surface area contributed by atoms with Crippen LogP contribution >= 0.6 is 0 Å². The third-order valence-corrected chi connectivity index (χ3v) is 8.93. The highest BCUT2D eigenvalue weighted by Gasteiger charge is 2.78. The van der Waals surface area contributed by atoms with E-state index in [1.807, 2.05) is 6.92 Å². The molecule has 7 rings (SSSR count). The number of hydrogen-bond acceptors (Lipinski definition) is 9. The molecule has 5 aliphatic heterocycles. The third kappa shape index (κ3) is 3.55. The van der Waals surface area contributed by atoms with Gasteiger partial charge in [-0.2, -0.15) is 0 Å². The number of fused-ring (bicyclic) bond motifs is 1. The highest BCUT2D eigenvalue weighted by Crippen LogP contribution is 2.69. The molecule has 1 spiro atoms. The van der Waals surface area contributed by atoms with Crippen LogP contribution in [0.25, 0.3) is 0 Å². The van der Waals surface area contributed by atoms with Crippen LogP contribution in [0.1, 0.15) is 71.7 Å². The van der Waals surface area contributed by atoms with Crippen molar-refractivity contribution in [3.63, 3.8) is 0 Å². The van der Waals surface area contributed by atoms with Gasteiger partial charge in [0.05, 0.1) is 28.9 Å². The number of piperidine rings is 2. The van der Waals surface area contributed by atoms with Gasteiger partial charge < -0.3 is 20.1 Å². The van der Waals surface area contributed by atoms with Crippen molar-refractivity contribution in [2.75, 3.05) is 26.2 Å². The topological polar surface area (TPSA) is 143 Å². The monoisotopic (exact) mass is 524 g/mol. The Hall–Kier alpha value is -3.15. The molecule has 1 aliphatic carbocycles. The summed E-state index contributed by atoms with van der Waals surface area (Å²) in [6, 6.07) is 4.09. The summed E-state index contributed by atoms with van der Waals surface area (Å²) in [6.45, 7) is 4.55. The maximum Gasteiger partial charge on any atom is 0.315 e. The standard InChI is InChI=1S/C27H32N4O7/c1-2-37-24(36)26-13-25(14-26,38-27(26)8-10-28-11-9-27)15-29-12-16-4-3-5-17-20(16)23(35)31(22(17)34)18-6-7-19(32)30-21(18)33/h3-5,18,28-29H,2,6-15H2,1H3,(H,30,32,33). The Kier molecular flexibility index (Phi) is 5.93. The first-order valence-electron chi connectivity index (χ1n) is 13.4. The summed E-state index contributed by atoms with van der Waals surface area (Å²) in [7, 11) is 0. The molecule has 11 nitrogen and oxygen atoms in total. The normalized spacial score (nSPS) is 31.3. The summed E-state index contributed by atoms with van der Waals surface area (Å²) in [5.41, 5.74) is -0.438. The molecule has 4 amide bonds. The number of esters is 1. The summed E-state index contributed by atoms with van der Waals surface area (Å²) in [6.07, 6.45) is 2.90. The molecule has 0 aromatic heterocycles. The second-order valence-corrected chi connectivity index (χ2v) is 11.1. The van der Waals surface area contributed by atoms with E-state index in [0.29, 0.717) is 38.1 Å². The lowest BCUT2D eigenvalue weighted by Gasteiger charge is -2.47. The van der Waals surface area contributed by atoms with Gasteiger partial charge in [0.15, 0.2) is 0 Å². The van der Waals surface area contributed by atoms with Crippen LogP contribution in [-0.4, -0.2) is 78.0 Å². The molecule has 3 N–H and O–H groups in total. The van der Waals surface area contributed by atoms with Gasteiger partial charge in [-0.15, -0.1) is 0 Å². The quantitative estimate of drug-likeness (QED) is 0.341. The zero-order valence-corrected chi connectivity index (χ0v) is 21.4. The van der Waals surface area contributed by atoms with Crippen LogP contribution in [0.3, 0.4) is 0 Å². The molecule has 5 heterocycles. The van der Waals surface area contributed by atoms with Gasteiger partial charge in [-0.05, 0) is 63.7 Å². The van der Waals surface area contributed by atoms with E-state index in [-0.39, 0.29) is 29.9 Å². The van der Waals surface area contributed by atoms with Gasteiger partial charge in [-0.1, -0.05) is 12.1 Å². The largest absolute Gasteiger partial charge is 0.465 e. The highest BCUT2D eigenvalue weighted by atomic mass is 16.6. The van der Waals surface area contributed by atoms with Crippen molar-refractivity contribution in [1.82, 2.24) is 20.9 Å². The van der Waals surface area contributed by atoms with E-state index in [9.17, 15) is 24.0 Å². The summed E-state index contributed by atoms with van der Waals surface area (Å²) < 4.78 is 12.2. The predicted molar refractivity (Wildman–Crippen MR) is 132 cm³/mol. The molecular formula is C27H32N4O7. The minimum absolute atomic E-state index is 0.0746. The van der Waals surface area contributed by atoms with Crippen LogP contribution in [0, 0.1) is 5.41 Å². The van der Waals surface area contributed by atoms with Gasteiger partial charge in [0, 0.05) is 19.5 Å². The lowest BCUT2D eigenvalue weighted by atomic mass is 9.54. The number of carbonyl (C=O) groups excluding carboxylic acids is 5. The Morgan fingerprint density at radius 1 is 1.16 bits per heavy atom. The molecule has 2 bridgehead atoms. The number of imide groups is 2. The van der Waals surface area contributed by atoms with Gasteiger partial charge in [-0.25, -0.2) is 0 Å². The van der Waals surface area contributed by atoms with Gasteiger partial charge in [-0.3, -0.25) is 34.2 Å².